The molecule has 1 amide bonds. The second-order valence-corrected chi connectivity index (χ2v) is 9.71. The normalized spacial score (nSPS) is 13.1. The second kappa shape index (κ2) is 9.61. The van der Waals surface area contributed by atoms with E-state index in [1.807, 2.05) is 26.0 Å². The van der Waals surface area contributed by atoms with Crippen LogP contribution in [0.25, 0.3) is 10.6 Å². The zero-order chi connectivity index (χ0) is 22.8. The fourth-order valence-corrected chi connectivity index (χ4v) is 4.83. The van der Waals surface area contributed by atoms with E-state index in [0.29, 0.717) is 39.8 Å². The van der Waals surface area contributed by atoms with Crippen LogP contribution in [-0.2, 0) is 0 Å². The fraction of sp³-hybridized carbons (Fsp3) is 0.292. The van der Waals surface area contributed by atoms with Crippen molar-refractivity contribution in [2.24, 2.45) is 5.92 Å². The summed E-state index contributed by atoms with van der Waals surface area (Å²) < 4.78 is 5.78. The first-order valence-corrected chi connectivity index (χ1v) is 11.9. The standard InChI is InChI=1S/C24H23Cl2N3O2S/c1-4-9-31-21-14(2)10-17(11-15(21)3)22-27-28-24(32-22)29(13-16-5-6-16)23(30)19-8-7-18(25)12-20(19)26/h4,7-8,10-12,16H,1,5-6,9,13H2,2-3H3. The van der Waals surface area contributed by atoms with Gasteiger partial charge >= 0.3 is 0 Å². The highest BCUT2D eigenvalue weighted by atomic mass is 35.5. The number of anilines is 1. The number of nitrogens with zero attached hydrogens (tertiary/aromatic N) is 3. The van der Waals surface area contributed by atoms with E-state index >= 15 is 0 Å². The molecule has 2 aromatic carbocycles. The number of ether oxygens (including phenoxy) is 1. The van der Waals surface area contributed by atoms with Gasteiger partial charge in [-0.3, -0.25) is 9.69 Å². The van der Waals surface area contributed by atoms with Gasteiger partial charge < -0.3 is 4.74 Å². The molecule has 3 aromatic rings. The summed E-state index contributed by atoms with van der Waals surface area (Å²) in [4.78, 5) is 15.0. The number of hydrogen-bond acceptors (Lipinski definition) is 5. The quantitative estimate of drug-likeness (QED) is 0.329. The van der Waals surface area contributed by atoms with Crippen molar-refractivity contribution in [1.29, 1.82) is 0 Å². The zero-order valence-electron chi connectivity index (χ0n) is 17.9. The Labute approximate surface area is 201 Å². The van der Waals surface area contributed by atoms with E-state index in [2.05, 4.69) is 16.8 Å². The van der Waals surface area contributed by atoms with Crippen LogP contribution in [0, 0.1) is 19.8 Å². The third-order valence-corrected chi connectivity index (χ3v) is 6.79. The first-order valence-electron chi connectivity index (χ1n) is 10.3. The lowest BCUT2D eigenvalue weighted by molar-refractivity contribution is 0.0985. The molecule has 1 fully saturated rings. The summed E-state index contributed by atoms with van der Waals surface area (Å²) in [7, 11) is 0. The van der Waals surface area contributed by atoms with E-state index in [9.17, 15) is 4.79 Å². The molecule has 1 heterocycles. The Morgan fingerprint density at radius 1 is 1.22 bits per heavy atom. The summed E-state index contributed by atoms with van der Waals surface area (Å²) >= 11 is 13.7. The van der Waals surface area contributed by atoms with Crippen molar-refractivity contribution < 1.29 is 9.53 Å². The predicted octanol–water partition coefficient (Wildman–Crippen LogP) is 6.75. The van der Waals surface area contributed by atoms with E-state index < -0.39 is 0 Å². The highest BCUT2D eigenvalue weighted by Crippen LogP contribution is 2.37. The monoisotopic (exact) mass is 487 g/mol. The average Bonchev–Trinajstić information content (AvgIpc) is 3.44. The highest BCUT2D eigenvalue weighted by molar-refractivity contribution is 7.18. The van der Waals surface area contributed by atoms with Crippen LogP contribution >= 0.6 is 34.5 Å². The van der Waals surface area contributed by atoms with E-state index in [1.165, 1.54) is 11.3 Å². The van der Waals surface area contributed by atoms with Crippen LogP contribution in [0.3, 0.4) is 0 Å². The van der Waals surface area contributed by atoms with Gasteiger partial charge in [0.1, 0.15) is 17.4 Å². The summed E-state index contributed by atoms with van der Waals surface area (Å²) in [5, 5.41) is 10.9. The van der Waals surface area contributed by atoms with Crippen molar-refractivity contribution in [3.8, 4) is 16.3 Å². The number of carbonyl (C=O) groups is 1. The van der Waals surface area contributed by atoms with Gasteiger partial charge in [-0.1, -0.05) is 47.2 Å². The summed E-state index contributed by atoms with van der Waals surface area (Å²) in [6.45, 7) is 8.76. The van der Waals surface area contributed by atoms with Gasteiger partial charge in [-0.05, 0) is 74.1 Å². The zero-order valence-corrected chi connectivity index (χ0v) is 20.2. The molecule has 32 heavy (non-hydrogen) atoms. The number of carbonyl (C=O) groups excluding carboxylic acids is 1. The van der Waals surface area contributed by atoms with Gasteiger partial charge in [-0.2, -0.15) is 0 Å². The average molecular weight is 488 g/mol. The molecule has 1 aliphatic carbocycles. The number of hydrogen-bond donors (Lipinski definition) is 0. The Morgan fingerprint density at radius 3 is 2.56 bits per heavy atom. The maximum Gasteiger partial charge on any atom is 0.261 e. The van der Waals surface area contributed by atoms with Gasteiger partial charge in [-0.25, -0.2) is 0 Å². The minimum atomic E-state index is -0.193. The SMILES string of the molecule is C=CCOc1c(C)cc(-c2nnc(N(CC3CC3)C(=O)c3ccc(Cl)cc3Cl)s2)cc1C. The number of amides is 1. The summed E-state index contributed by atoms with van der Waals surface area (Å²) in [6.07, 6.45) is 3.94. The van der Waals surface area contributed by atoms with Crippen LogP contribution in [-0.4, -0.2) is 29.3 Å². The number of halogens is 2. The van der Waals surface area contributed by atoms with Crippen LogP contribution < -0.4 is 9.64 Å². The van der Waals surface area contributed by atoms with Gasteiger partial charge in [0.15, 0.2) is 0 Å². The van der Waals surface area contributed by atoms with Crippen LogP contribution in [0.15, 0.2) is 43.0 Å². The molecular formula is C24H23Cl2N3O2S. The lowest BCUT2D eigenvalue weighted by Gasteiger charge is -2.20. The Balaban J connectivity index is 1.65. The van der Waals surface area contributed by atoms with Crippen molar-refractivity contribution in [2.45, 2.75) is 26.7 Å². The van der Waals surface area contributed by atoms with Crippen molar-refractivity contribution in [3.05, 3.63) is 69.7 Å². The molecule has 0 unspecified atom stereocenters. The molecule has 166 valence electrons. The topological polar surface area (TPSA) is 55.3 Å². The summed E-state index contributed by atoms with van der Waals surface area (Å²) in [5.41, 5.74) is 3.37. The molecule has 0 atom stereocenters. The number of aromatic nitrogens is 2. The Morgan fingerprint density at radius 2 is 1.94 bits per heavy atom. The number of rotatable bonds is 8. The molecule has 1 aromatic heterocycles. The molecule has 0 radical (unpaired) electrons. The molecule has 4 rings (SSSR count). The minimum Gasteiger partial charge on any atom is -0.489 e. The van der Waals surface area contributed by atoms with Gasteiger partial charge in [0.25, 0.3) is 5.91 Å². The lowest BCUT2D eigenvalue weighted by Crippen LogP contribution is -2.33. The lowest BCUT2D eigenvalue weighted by atomic mass is 10.1. The third kappa shape index (κ3) is 4.98. The minimum absolute atomic E-state index is 0.193. The number of benzene rings is 2. The predicted molar refractivity (Wildman–Crippen MR) is 131 cm³/mol. The van der Waals surface area contributed by atoms with Gasteiger partial charge in [0.2, 0.25) is 5.13 Å². The number of aryl methyl sites for hydroxylation is 2. The highest BCUT2D eigenvalue weighted by Gasteiger charge is 2.31. The van der Waals surface area contributed by atoms with Crippen molar-refractivity contribution in [2.75, 3.05) is 18.1 Å². The Bertz CT molecular complexity index is 1150. The molecule has 0 saturated heterocycles. The van der Waals surface area contributed by atoms with Crippen molar-refractivity contribution in [1.82, 2.24) is 10.2 Å². The molecule has 0 aliphatic heterocycles. The molecular weight excluding hydrogens is 465 g/mol. The molecule has 1 saturated carbocycles. The second-order valence-electron chi connectivity index (χ2n) is 7.91. The maximum atomic E-state index is 13.4. The molecule has 0 N–H and O–H groups in total. The van der Waals surface area contributed by atoms with Crippen molar-refractivity contribution >= 4 is 45.6 Å². The van der Waals surface area contributed by atoms with E-state index in [0.717, 1.165) is 40.3 Å². The molecule has 0 spiro atoms. The van der Waals surface area contributed by atoms with Gasteiger partial charge in [0.05, 0.1) is 10.6 Å². The molecule has 0 bridgehead atoms. The Hall–Kier alpha value is -2.41. The van der Waals surface area contributed by atoms with Crippen LogP contribution in [0.2, 0.25) is 10.0 Å². The first kappa shape index (κ1) is 22.8. The smallest absolute Gasteiger partial charge is 0.261 e. The van der Waals surface area contributed by atoms with E-state index in [4.69, 9.17) is 27.9 Å². The Kier molecular flexibility index (Phi) is 6.84. The van der Waals surface area contributed by atoms with Crippen LogP contribution in [0.4, 0.5) is 5.13 Å². The summed E-state index contributed by atoms with van der Waals surface area (Å²) in [5.74, 6) is 1.13. The van der Waals surface area contributed by atoms with E-state index in [-0.39, 0.29) is 5.91 Å². The maximum absolute atomic E-state index is 13.4. The van der Waals surface area contributed by atoms with Crippen LogP contribution in [0.1, 0.15) is 34.3 Å². The fourth-order valence-electron chi connectivity index (χ4n) is 3.50. The summed E-state index contributed by atoms with van der Waals surface area (Å²) in [6, 6.07) is 8.96. The van der Waals surface area contributed by atoms with E-state index in [1.54, 1.807) is 29.2 Å². The van der Waals surface area contributed by atoms with Gasteiger partial charge in [0, 0.05) is 17.1 Å². The third-order valence-electron chi connectivity index (χ3n) is 5.24. The molecule has 8 heteroatoms. The molecule has 1 aliphatic rings. The van der Waals surface area contributed by atoms with Crippen molar-refractivity contribution in [3.63, 3.8) is 0 Å². The largest absolute Gasteiger partial charge is 0.489 e. The molecule has 5 nitrogen and oxygen atoms in total. The van der Waals surface area contributed by atoms with Gasteiger partial charge in [-0.15, -0.1) is 10.2 Å². The first-order chi connectivity index (χ1) is 15.4. The van der Waals surface area contributed by atoms with Crippen LogP contribution in [0.5, 0.6) is 5.75 Å².